The summed E-state index contributed by atoms with van der Waals surface area (Å²) in [6.45, 7) is 2.30. The van der Waals surface area contributed by atoms with Crippen molar-refractivity contribution in [1.29, 1.82) is 0 Å². The fourth-order valence-electron chi connectivity index (χ4n) is 1.60. The molecule has 0 bridgehead atoms. The van der Waals surface area contributed by atoms with Crippen molar-refractivity contribution >= 4 is 17.7 Å². The minimum atomic E-state index is -0.573. The van der Waals surface area contributed by atoms with Crippen molar-refractivity contribution in [3.05, 3.63) is 0 Å². The molecular formula is C11H17NO4. The standard InChI is InChI=1S/C11H17NO4/c1-2-4-8(13)7-10(14)12-9-5-3-6-16-11(9)15/h9H,2-7H2,1H3,(H,12,14)/t9-/m0/s1. The van der Waals surface area contributed by atoms with Gasteiger partial charge in [0.2, 0.25) is 5.91 Å². The quantitative estimate of drug-likeness (QED) is 0.550. The van der Waals surface area contributed by atoms with E-state index in [1.807, 2.05) is 6.92 Å². The lowest BCUT2D eigenvalue weighted by Gasteiger charge is -2.21. The summed E-state index contributed by atoms with van der Waals surface area (Å²) < 4.78 is 4.81. The van der Waals surface area contributed by atoms with E-state index >= 15 is 0 Å². The van der Waals surface area contributed by atoms with E-state index in [0.717, 1.165) is 12.8 Å². The fraction of sp³-hybridized carbons (Fsp3) is 0.727. The molecule has 0 aromatic heterocycles. The summed E-state index contributed by atoms with van der Waals surface area (Å²) in [7, 11) is 0. The number of hydrogen-bond acceptors (Lipinski definition) is 4. The van der Waals surface area contributed by atoms with Crippen molar-refractivity contribution in [1.82, 2.24) is 5.32 Å². The predicted octanol–water partition coefficient (Wildman–Crippen LogP) is 0.567. The topological polar surface area (TPSA) is 72.5 Å². The Bertz CT molecular complexity index is 288. The minimum Gasteiger partial charge on any atom is -0.464 e. The minimum absolute atomic E-state index is 0.0934. The Morgan fingerprint density at radius 1 is 1.50 bits per heavy atom. The summed E-state index contributed by atoms with van der Waals surface area (Å²) in [4.78, 5) is 33.8. The molecule has 0 aliphatic carbocycles. The van der Waals surface area contributed by atoms with Crippen molar-refractivity contribution in [2.75, 3.05) is 6.61 Å². The molecule has 0 aromatic rings. The molecule has 1 atom stereocenters. The Hall–Kier alpha value is -1.39. The van der Waals surface area contributed by atoms with Gasteiger partial charge < -0.3 is 10.1 Å². The first-order valence-corrected chi connectivity index (χ1v) is 5.61. The summed E-state index contributed by atoms with van der Waals surface area (Å²) in [5, 5.41) is 2.52. The van der Waals surface area contributed by atoms with Crippen molar-refractivity contribution in [3.63, 3.8) is 0 Å². The lowest BCUT2D eigenvalue weighted by molar-refractivity contribution is -0.151. The molecule has 1 rings (SSSR count). The zero-order valence-corrected chi connectivity index (χ0v) is 9.45. The maximum absolute atomic E-state index is 11.4. The normalized spacial score (nSPS) is 20.1. The lowest BCUT2D eigenvalue weighted by atomic mass is 10.1. The van der Waals surface area contributed by atoms with E-state index in [1.54, 1.807) is 0 Å². The molecule has 1 aliphatic heterocycles. The SMILES string of the molecule is CCCC(=O)CC(=O)N[C@H]1CCCOC1=O. The fourth-order valence-corrected chi connectivity index (χ4v) is 1.60. The summed E-state index contributed by atoms with van der Waals surface area (Å²) in [6.07, 6.45) is 2.34. The highest BCUT2D eigenvalue weighted by Gasteiger charge is 2.25. The van der Waals surface area contributed by atoms with Gasteiger partial charge in [-0.25, -0.2) is 4.79 Å². The number of nitrogens with one attached hydrogen (secondary N) is 1. The van der Waals surface area contributed by atoms with Crippen LogP contribution in [0.3, 0.4) is 0 Å². The molecule has 90 valence electrons. The Morgan fingerprint density at radius 3 is 2.88 bits per heavy atom. The van der Waals surface area contributed by atoms with Crippen molar-refractivity contribution in [2.45, 2.75) is 45.1 Å². The van der Waals surface area contributed by atoms with Crippen LogP contribution in [0.5, 0.6) is 0 Å². The van der Waals surface area contributed by atoms with Gasteiger partial charge >= 0.3 is 5.97 Å². The second kappa shape index (κ2) is 6.25. The zero-order chi connectivity index (χ0) is 12.0. The third-order valence-corrected chi connectivity index (χ3v) is 2.39. The van der Waals surface area contributed by atoms with Gasteiger partial charge in [0, 0.05) is 6.42 Å². The molecule has 1 saturated heterocycles. The smallest absolute Gasteiger partial charge is 0.328 e. The summed E-state index contributed by atoms with van der Waals surface area (Å²) in [5.41, 5.74) is 0. The van der Waals surface area contributed by atoms with Crippen LogP contribution in [-0.2, 0) is 19.1 Å². The molecular weight excluding hydrogens is 210 g/mol. The van der Waals surface area contributed by atoms with E-state index in [1.165, 1.54) is 0 Å². The molecule has 1 heterocycles. The Balaban J connectivity index is 2.32. The molecule has 1 amide bonds. The van der Waals surface area contributed by atoms with Crippen LogP contribution in [0, 0.1) is 0 Å². The van der Waals surface area contributed by atoms with Gasteiger partial charge in [-0.05, 0) is 19.3 Å². The largest absolute Gasteiger partial charge is 0.464 e. The highest BCUT2D eigenvalue weighted by molar-refractivity contribution is 5.99. The highest BCUT2D eigenvalue weighted by atomic mass is 16.5. The second-order valence-electron chi connectivity index (χ2n) is 3.90. The molecule has 0 unspecified atom stereocenters. The van der Waals surface area contributed by atoms with Gasteiger partial charge in [0.25, 0.3) is 0 Å². The number of cyclic esters (lactones) is 1. The number of carbonyl (C=O) groups is 3. The van der Waals surface area contributed by atoms with Crippen molar-refractivity contribution < 1.29 is 19.1 Å². The number of hydrogen-bond donors (Lipinski definition) is 1. The number of ketones is 1. The molecule has 1 N–H and O–H groups in total. The van der Waals surface area contributed by atoms with E-state index in [4.69, 9.17) is 4.74 Å². The number of ether oxygens (including phenoxy) is 1. The second-order valence-corrected chi connectivity index (χ2v) is 3.90. The number of rotatable bonds is 5. The summed E-state index contributed by atoms with van der Waals surface area (Å²) in [5.74, 6) is -0.881. The van der Waals surface area contributed by atoms with Crippen molar-refractivity contribution in [2.24, 2.45) is 0 Å². The Morgan fingerprint density at radius 2 is 2.25 bits per heavy atom. The van der Waals surface area contributed by atoms with E-state index in [2.05, 4.69) is 5.32 Å². The maximum atomic E-state index is 11.4. The summed E-state index contributed by atoms with van der Waals surface area (Å²) in [6, 6.07) is -0.573. The number of esters is 1. The molecule has 1 aliphatic rings. The number of amides is 1. The molecule has 0 aromatic carbocycles. The third kappa shape index (κ3) is 4.00. The maximum Gasteiger partial charge on any atom is 0.328 e. The molecule has 5 heteroatoms. The molecule has 0 radical (unpaired) electrons. The average Bonchev–Trinajstić information content (AvgIpc) is 2.21. The molecule has 16 heavy (non-hydrogen) atoms. The van der Waals surface area contributed by atoms with Gasteiger partial charge in [0.1, 0.15) is 11.8 Å². The van der Waals surface area contributed by atoms with Crippen molar-refractivity contribution in [3.8, 4) is 0 Å². The van der Waals surface area contributed by atoms with Gasteiger partial charge in [-0.3, -0.25) is 9.59 Å². The Labute approximate surface area is 94.5 Å². The lowest BCUT2D eigenvalue weighted by Crippen LogP contribution is -2.44. The van der Waals surface area contributed by atoms with Crippen LogP contribution in [0.4, 0.5) is 0 Å². The zero-order valence-electron chi connectivity index (χ0n) is 9.45. The third-order valence-electron chi connectivity index (χ3n) is 2.39. The molecule has 0 saturated carbocycles. The Kier molecular flexibility index (Phi) is 4.95. The number of Topliss-reactive ketones (excluding diaryl/α,β-unsaturated/α-hetero) is 1. The van der Waals surface area contributed by atoms with Crippen LogP contribution in [-0.4, -0.2) is 30.3 Å². The first kappa shape index (κ1) is 12.7. The highest BCUT2D eigenvalue weighted by Crippen LogP contribution is 2.07. The average molecular weight is 227 g/mol. The molecule has 5 nitrogen and oxygen atoms in total. The van der Waals surface area contributed by atoms with Gasteiger partial charge in [-0.2, -0.15) is 0 Å². The van der Waals surface area contributed by atoms with Gasteiger partial charge in [-0.15, -0.1) is 0 Å². The van der Waals surface area contributed by atoms with E-state index < -0.39 is 12.0 Å². The van der Waals surface area contributed by atoms with E-state index in [9.17, 15) is 14.4 Å². The first-order valence-electron chi connectivity index (χ1n) is 5.61. The van der Waals surface area contributed by atoms with Gasteiger partial charge in [0.15, 0.2) is 0 Å². The van der Waals surface area contributed by atoms with E-state index in [0.29, 0.717) is 19.4 Å². The predicted molar refractivity (Wildman–Crippen MR) is 56.7 cm³/mol. The van der Waals surface area contributed by atoms with Gasteiger partial charge in [-0.1, -0.05) is 6.92 Å². The van der Waals surface area contributed by atoms with Crippen LogP contribution < -0.4 is 5.32 Å². The van der Waals surface area contributed by atoms with Crippen LogP contribution in [0.25, 0.3) is 0 Å². The molecule has 0 spiro atoms. The first-order chi connectivity index (χ1) is 7.63. The van der Waals surface area contributed by atoms with Gasteiger partial charge in [0.05, 0.1) is 13.0 Å². The molecule has 1 fully saturated rings. The summed E-state index contributed by atoms with van der Waals surface area (Å²) >= 11 is 0. The van der Waals surface area contributed by atoms with Crippen LogP contribution in [0.2, 0.25) is 0 Å². The van der Waals surface area contributed by atoms with E-state index in [-0.39, 0.29) is 18.1 Å². The number of carbonyl (C=O) groups excluding carboxylic acids is 3. The van der Waals surface area contributed by atoms with Crippen LogP contribution >= 0.6 is 0 Å². The monoisotopic (exact) mass is 227 g/mol. The van der Waals surface area contributed by atoms with Crippen LogP contribution in [0.15, 0.2) is 0 Å². The van der Waals surface area contributed by atoms with Crippen LogP contribution in [0.1, 0.15) is 39.0 Å².